The van der Waals surface area contributed by atoms with Gasteiger partial charge in [0.1, 0.15) is 6.04 Å². The monoisotopic (exact) mass is 504 g/mol. The summed E-state index contributed by atoms with van der Waals surface area (Å²) in [6.07, 6.45) is 1.67. The van der Waals surface area contributed by atoms with Crippen LogP contribution in [0.25, 0.3) is 0 Å². The van der Waals surface area contributed by atoms with Crippen LogP contribution in [0, 0.1) is 11.8 Å². The quantitative estimate of drug-likeness (QED) is 0.532. The lowest BCUT2D eigenvalue weighted by atomic mass is 9.85. The summed E-state index contributed by atoms with van der Waals surface area (Å²) in [6, 6.07) is 19.6. The number of fused-ring (bicyclic) bond motifs is 5. The van der Waals surface area contributed by atoms with Crippen molar-refractivity contribution in [1.82, 2.24) is 5.01 Å². The molecule has 0 spiro atoms. The minimum atomic E-state index is -0.984. The van der Waals surface area contributed by atoms with E-state index in [0.717, 1.165) is 16.0 Å². The highest BCUT2D eigenvalue weighted by molar-refractivity contribution is 6.38. The maximum Gasteiger partial charge on any atom is 0.249 e. The summed E-state index contributed by atoms with van der Waals surface area (Å²) >= 11 is 12.4. The molecule has 9 heteroatoms. The molecule has 4 atom stereocenters. The third kappa shape index (κ3) is 3.34. The zero-order valence-electron chi connectivity index (χ0n) is 18.1. The highest BCUT2D eigenvalue weighted by Gasteiger charge is 2.65. The molecule has 35 heavy (non-hydrogen) atoms. The van der Waals surface area contributed by atoms with Crippen molar-refractivity contribution >= 4 is 58.5 Å². The molecule has 2 saturated heterocycles. The first kappa shape index (κ1) is 21.8. The number of para-hydroxylation sites is 1. The summed E-state index contributed by atoms with van der Waals surface area (Å²) < 4.78 is 0. The van der Waals surface area contributed by atoms with E-state index in [-0.39, 0.29) is 10.7 Å². The van der Waals surface area contributed by atoms with Crippen LogP contribution in [0.4, 0.5) is 11.4 Å². The van der Waals surface area contributed by atoms with Gasteiger partial charge in [-0.1, -0.05) is 65.7 Å². The van der Waals surface area contributed by atoms with E-state index < -0.39 is 41.6 Å². The van der Waals surface area contributed by atoms with Gasteiger partial charge in [0, 0.05) is 10.7 Å². The van der Waals surface area contributed by atoms with Crippen LogP contribution in [0.15, 0.2) is 77.9 Å². The van der Waals surface area contributed by atoms with Gasteiger partial charge in [-0.15, -0.1) is 0 Å². The van der Waals surface area contributed by atoms with Gasteiger partial charge in [0.25, 0.3) is 0 Å². The Morgan fingerprint density at radius 2 is 1.60 bits per heavy atom. The lowest BCUT2D eigenvalue weighted by Gasteiger charge is -2.33. The number of amides is 3. The van der Waals surface area contributed by atoms with Gasteiger partial charge >= 0.3 is 0 Å². The highest BCUT2D eigenvalue weighted by atomic mass is 35.5. The Kier molecular flexibility index (Phi) is 5.12. The number of hydrogen-bond donors (Lipinski definition) is 1. The Hall–Kier alpha value is -3.68. The van der Waals surface area contributed by atoms with Gasteiger partial charge in [-0.2, -0.15) is 5.10 Å². The van der Waals surface area contributed by atoms with Crippen molar-refractivity contribution in [2.75, 3.05) is 10.2 Å². The number of imide groups is 1. The molecule has 3 aromatic carbocycles. The largest absolute Gasteiger partial charge is 0.324 e. The normalized spacial score (nSPS) is 24.3. The van der Waals surface area contributed by atoms with Gasteiger partial charge in [-0.3, -0.25) is 19.4 Å². The third-order valence-corrected chi connectivity index (χ3v) is 7.29. The van der Waals surface area contributed by atoms with E-state index in [0.29, 0.717) is 10.7 Å². The first-order valence-electron chi connectivity index (χ1n) is 11.1. The molecular weight excluding hydrogens is 487 g/mol. The van der Waals surface area contributed by atoms with Gasteiger partial charge in [-0.05, 0) is 41.5 Å². The summed E-state index contributed by atoms with van der Waals surface area (Å²) in [7, 11) is 0. The topological polar surface area (TPSA) is 82.1 Å². The highest BCUT2D eigenvalue weighted by Crippen LogP contribution is 2.53. The fraction of sp³-hybridized carbons (Fsp3) is 0.154. The number of carbonyl (C=O) groups excluding carboxylic acids is 3. The number of anilines is 2. The van der Waals surface area contributed by atoms with Gasteiger partial charge in [0.2, 0.25) is 17.7 Å². The predicted molar refractivity (Wildman–Crippen MR) is 133 cm³/mol. The lowest BCUT2D eigenvalue weighted by molar-refractivity contribution is -0.129. The first-order valence-corrected chi connectivity index (χ1v) is 11.8. The van der Waals surface area contributed by atoms with Crippen molar-refractivity contribution in [3.8, 4) is 0 Å². The molecule has 1 N–H and O–H groups in total. The molecule has 0 unspecified atom stereocenters. The molecular formula is C26H18Cl2N4O3. The molecule has 174 valence electrons. The summed E-state index contributed by atoms with van der Waals surface area (Å²) in [5, 5.41) is 9.59. The lowest BCUT2D eigenvalue weighted by Crippen LogP contribution is -2.46. The molecule has 0 aromatic heterocycles. The van der Waals surface area contributed by atoms with Crippen molar-refractivity contribution in [2.45, 2.75) is 12.1 Å². The van der Waals surface area contributed by atoms with Gasteiger partial charge in [0.15, 0.2) is 0 Å². The van der Waals surface area contributed by atoms with E-state index in [1.807, 2.05) is 30.3 Å². The van der Waals surface area contributed by atoms with Crippen LogP contribution in [0.2, 0.25) is 10.0 Å². The van der Waals surface area contributed by atoms with Gasteiger partial charge in [-0.25, -0.2) is 4.90 Å². The smallest absolute Gasteiger partial charge is 0.249 e. The van der Waals surface area contributed by atoms with Crippen LogP contribution in [0.1, 0.15) is 17.2 Å². The molecule has 0 aliphatic carbocycles. The van der Waals surface area contributed by atoms with Crippen LogP contribution in [-0.4, -0.2) is 35.0 Å². The third-order valence-electron chi connectivity index (χ3n) is 6.75. The molecule has 0 bridgehead atoms. The Labute approximate surface area is 210 Å². The van der Waals surface area contributed by atoms with E-state index in [1.54, 1.807) is 47.6 Å². The fourth-order valence-electron chi connectivity index (χ4n) is 5.31. The fourth-order valence-corrected chi connectivity index (χ4v) is 5.80. The Balaban J connectivity index is 1.46. The summed E-state index contributed by atoms with van der Waals surface area (Å²) in [5.74, 6) is -3.05. The SMILES string of the molecule is O=C(Nc1ccccc1)[C@H]1[C@@H]2C(=O)N(c3ccc(Cl)cc3Cl)C(=O)[C@H]2[C@@H]2c3ccccc3C=NN12. The number of nitrogens with zero attached hydrogens (tertiary/aromatic N) is 3. The van der Waals surface area contributed by atoms with Gasteiger partial charge < -0.3 is 5.32 Å². The van der Waals surface area contributed by atoms with E-state index in [4.69, 9.17) is 23.2 Å². The number of nitrogens with one attached hydrogen (secondary N) is 1. The second kappa shape index (κ2) is 8.22. The Bertz CT molecular complexity index is 1410. The number of hydrazone groups is 1. The zero-order valence-corrected chi connectivity index (χ0v) is 19.6. The van der Waals surface area contributed by atoms with E-state index in [2.05, 4.69) is 10.4 Å². The number of carbonyl (C=O) groups is 3. The summed E-state index contributed by atoms with van der Waals surface area (Å²) in [6.45, 7) is 0. The van der Waals surface area contributed by atoms with Gasteiger partial charge in [0.05, 0.1) is 34.8 Å². The molecule has 0 saturated carbocycles. The second-order valence-corrected chi connectivity index (χ2v) is 9.50. The molecule has 2 fully saturated rings. The maximum atomic E-state index is 13.8. The minimum Gasteiger partial charge on any atom is -0.324 e. The molecule has 3 aliphatic rings. The van der Waals surface area contributed by atoms with Crippen LogP contribution in [-0.2, 0) is 14.4 Å². The standard InChI is InChI=1S/C26H18Cl2N4O3/c27-15-10-11-19(18(28)12-15)31-25(34)20-21(26(31)35)23(24(33)30-16-7-2-1-3-8-16)32-22(20)17-9-5-4-6-14(17)13-29-32/h1-13,20-23H,(H,30,33)/t20-,21-,22+,23-/m1/s1. The average Bonchev–Trinajstić information content (AvgIpc) is 3.33. The van der Waals surface area contributed by atoms with Crippen LogP contribution < -0.4 is 10.2 Å². The predicted octanol–water partition coefficient (Wildman–Crippen LogP) is 4.51. The zero-order chi connectivity index (χ0) is 24.3. The van der Waals surface area contributed by atoms with Crippen molar-refractivity contribution in [3.63, 3.8) is 0 Å². The minimum absolute atomic E-state index is 0.184. The van der Waals surface area contributed by atoms with Crippen molar-refractivity contribution in [2.24, 2.45) is 16.9 Å². The molecule has 7 nitrogen and oxygen atoms in total. The number of halogens is 2. The van der Waals surface area contributed by atoms with E-state index in [1.165, 1.54) is 6.07 Å². The molecule has 0 radical (unpaired) electrons. The van der Waals surface area contributed by atoms with E-state index >= 15 is 0 Å². The average molecular weight is 505 g/mol. The molecule has 3 aliphatic heterocycles. The second-order valence-electron chi connectivity index (χ2n) is 8.66. The Morgan fingerprint density at radius 3 is 2.37 bits per heavy atom. The van der Waals surface area contributed by atoms with Crippen molar-refractivity contribution < 1.29 is 14.4 Å². The summed E-state index contributed by atoms with van der Waals surface area (Å²) in [5.41, 5.74) is 2.53. The number of benzene rings is 3. The molecule has 3 aromatic rings. The van der Waals surface area contributed by atoms with Crippen molar-refractivity contribution in [1.29, 1.82) is 0 Å². The maximum absolute atomic E-state index is 13.8. The van der Waals surface area contributed by atoms with Crippen molar-refractivity contribution in [3.05, 3.63) is 94.0 Å². The van der Waals surface area contributed by atoms with Crippen LogP contribution in [0.3, 0.4) is 0 Å². The summed E-state index contributed by atoms with van der Waals surface area (Å²) in [4.78, 5) is 42.3. The molecule has 3 amide bonds. The first-order chi connectivity index (χ1) is 17.0. The number of hydrogen-bond acceptors (Lipinski definition) is 5. The number of rotatable bonds is 3. The van der Waals surface area contributed by atoms with Crippen LogP contribution >= 0.6 is 23.2 Å². The Morgan fingerprint density at radius 1 is 0.886 bits per heavy atom. The molecule has 3 heterocycles. The van der Waals surface area contributed by atoms with E-state index in [9.17, 15) is 14.4 Å². The molecule has 6 rings (SSSR count). The van der Waals surface area contributed by atoms with Crippen LogP contribution in [0.5, 0.6) is 0 Å².